The predicted molar refractivity (Wildman–Crippen MR) is 37.9 cm³/mol. The molecule has 5 heteroatoms. The molecule has 0 N–H and O–H groups in total. The highest BCUT2D eigenvalue weighted by Gasteiger charge is 2.03. The number of benzene rings is 1. The van der Waals surface area contributed by atoms with Gasteiger partial charge in [0.1, 0.15) is 5.52 Å². The maximum absolute atomic E-state index is 11.0. The van der Waals surface area contributed by atoms with Gasteiger partial charge >= 0.3 is 0 Å². The maximum atomic E-state index is 11.0. The summed E-state index contributed by atoms with van der Waals surface area (Å²) in [7, 11) is 0. The molecule has 0 fully saturated rings. The monoisotopic (exact) mass is 162 g/mol. The molecule has 12 heavy (non-hydrogen) atoms. The molecular formula is C7H4N3O2-. The molecule has 0 saturated heterocycles. The van der Waals surface area contributed by atoms with Crippen LogP contribution in [0.2, 0.25) is 0 Å². The predicted octanol–water partition coefficient (Wildman–Crippen LogP) is -0.663. The Kier molecular flexibility index (Phi) is 1.30. The number of fused-ring (bicyclic) bond motifs is 1. The van der Waals surface area contributed by atoms with Crippen LogP contribution in [0, 0.1) is 5.21 Å². The molecular weight excluding hydrogens is 158 g/mol. The van der Waals surface area contributed by atoms with E-state index in [1.165, 1.54) is 0 Å². The number of para-hydroxylation sites is 2. The van der Waals surface area contributed by atoms with Crippen LogP contribution >= 0.6 is 0 Å². The lowest BCUT2D eigenvalue weighted by Gasteiger charge is -2.02. The zero-order valence-corrected chi connectivity index (χ0v) is 5.97. The summed E-state index contributed by atoms with van der Waals surface area (Å²) in [6, 6.07) is 5.78. The molecule has 5 nitrogen and oxygen atoms in total. The zero-order valence-electron chi connectivity index (χ0n) is 5.97. The van der Waals surface area contributed by atoms with E-state index < -0.39 is 6.01 Å². The lowest BCUT2D eigenvalue weighted by molar-refractivity contribution is -0.649. The molecule has 1 aromatic heterocycles. The molecule has 0 amide bonds. The fraction of sp³-hybridized carbons (Fsp3) is 0. The van der Waals surface area contributed by atoms with Crippen molar-refractivity contribution in [1.82, 2.24) is 10.1 Å². The Morgan fingerprint density at radius 2 is 2.00 bits per heavy atom. The Labute approximate surface area is 67.5 Å². The summed E-state index contributed by atoms with van der Waals surface area (Å²) in [5, 5.41) is 24.7. The van der Waals surface area contributed by atoms with Crippen LogP contribution in [-0.2, 0) is 0 Å². The minimum atomic E-state index is -0.760. The third-order valence-corrected chi connectivity index (χ3v) is 1.48. The second-order valence-corrected chi connectivity index (χ2v) is 2.26. The highest BCUT2D eigenvalue weighted by atomic mass is 16.5. The molecule has 0 radical (unpaired) electrons. The molecule has 0 aliphatic heterocycles. The quantitative estimate of drug-likeness (QED) is 0.380. The average molecular weight is 162 g/mol. The van der Waals surface area contributed by atoms with Gasteiger partial charge in [0.25, 0.3) is 5.52 Å². The van der Waals surface area contributed by atoms with Gasteiger partial charge in [0, 0.05) is 11.2 Å². The van der Waals surface area contributed by atoms with Gasteiger partial charge in [-0.1, -0.05) is 12.1 Å². The van der Waals surface area contributed by atoms with Crippen molar-refractivity contribution >= 4 is 11.0 Å². The number of rotatable bonds is 0. The third kappa shape index (κ3) is 0.914. The van der Waals surface area contributed by atoms with Crippen LogP contribution in [0.1, 0.15) is 0 Å². The standard InChI is InChI=1S/C7H5N3O2/c11-7-8-5-3-1-2-4-6(5)10(12)9-7/h1-4H,(H,8,9,11)/p-1. The van der Waals surface area contributed by atoms with Gasteiger partial charge in [-0.2, -0.15) is 0 Å². The molecule has 0 atom stereocenters. The lowest BCUT2D eigenvalue weighted by Crippen LogP contribution is -2.33. The first-order chi connectivity index (χ1) is 5.77. The van der Waals surface area contributed by atoms with Crippen molar-refractivity contribution in [3.05, 3.63) is 29.5 Å². The SMILES string of the molecule is [O-]c1nc2ccccc2[n+]([O-])n1. The smallest absolute Gasteiger partial charge is 0.270 e. The summed E-state index contributed by atoms with van der Waals surface area (Å²) >= 11 is 0. The molecule has 2 aromatic rings. The first kappa shape index (κ1) is 6.78. The average Bonchev–Trinajstić information content (AvgIpc) is 2.04. The van der Waals surface area contributed by atoms with E-state index in [1.54, 1.807) is 24.3 Å². The molecule has 0 unspecified atom stereocenters. The van der Waals surface area contributed by atoms with Gasteiger partial charge < -0.3 is 10.3 Å². The van der Waals surface area contributed by atoms with E-state index >= 15 is 0 Å². The van der Waals surface area contributed by atoms with Gasteiger partial charge in [-0.05, 0) is 10.9 Å². The van der Waals surface area contributed by atoms with E-state index in [0.717, 1.165) is 0 Å². The van der Waals surface area contributed by atoms with Crippen molar-refractivity contribution in [2.75, 3.05) is 0 Å². The van der Waals surface area contributed by atoms with Crippen molar-refractivity contribution in [3.63, 3.8) is 0 Å². The van der Waals surface area contributed by atoms with E-state index in [4.69, 9.17) is 0 Å². The Morgan fingerprint density at radius 1 is 1.25 bits per heavy atom. The Hall–Kier alpha value is -1.91. The minimum Gasteiger partial charge on any atom is -0.840 e. The first-order valence-electron chi connectivity index (χ1n) is 3.31. The topological polar surface area (TPSA) is 75.8 Å². The van der Waals surface area contributed by atoms with Crippen LogP contribution in [0.4, 0.5) is 0 Å². The van der Waals surface area contributed by atoms with E-state index in [1.807, 2.05) is 0 Å². The summed E-state index contributed by atoms with van der Waals surface area (Å²) in [6.45, 7) is 0. The van der Waals surface area contributed by atoms with Crippen LogP contribution in [0.15, 0.2) is 24.3 Å². The molecule has 1 heterocycles. The summed E-state index contributed by atoms with van der Waals surface area (Å²) < 4.78 is 0. The number of hydrogen-bond acceptors (Lipinski definition) is 4. The van der Waals surface area contributed by atoms with Crippen LogP contribution in [0.25, 0.3) is 11.0 Å². The van der Waals surface area contributed by atoms with E-state index in [0.29, 0.717) is 11.0 Å². The highest BCUT2D eigenvalue weighted by molar-refractivity contribution is 5.70. The van der Waals surface area contributed by atoms with Crippen LogP contribution in [-0.4, -0.2) is 10.1 Å². The first-order valence-corrected chi connectivity index (χ1v) is 3.31. The fourth-order valence-electron chi connectivity index (χ4n) is 0.977. The Balaban J connectivity index is 2.89. The molecule has 0 bridgehead atoms. The van der Waals surface area contributed by atoms with Crippen molar-refractivity contribution in [2.24, 2.45) is 0 Å². The van der Waals surface area contributed by atoms with Crippen LogP contribution in [0.3, 0.4) is 0 Å². The van der Waals surface area contributed by atoms with Gasteiger partial charge in [-0.3, -0.25) is 0 Å². The van der Waals surface area contributed by atoms with E-state index in [2.05, 4.69) is 10.1 Å². The largest absolute Gasteiger partial charge is 0.840 e. The van der Waals surface area contributed by atoms with Gasteiger partial charge in [-0.15, -0.1) is 0 Å². The van der Waals surface area contributed by atoms with Gasteiger partial charge in [0.15, 0.2) is 6.01 Å². The summed E-state index contributed by atoms with van der Waals surface area (Å²) in [6.07, 6.45) is 0. The fourth-order valence-corrected chi connectivity index (χ4v) is 0.977. The maximum Gasteiger partial charge on any atom is 0.270 e. The van der Waals surface area contributed by atoms with Crippen LogP contribution in [0.5, 0.6) is 6.01 Å². The molecule has 0 spiro atoms. The molecule has 60 valence electrons. The van der Waals surface area contributed by atoms with Crippen molar-refractivity contribution < 1.29 is 9.95 Å². The van der Waals surface area contributed by atoms with Gasteiger partial charge in [0.2, 0.25) is 0 Å². The van der Waals surface area contributed by atoms with Gasteiger partial charge in [-0.25, -0.2) is 4.98 Å². The summed E-state index contributed by atoms with van der Waals surface area (Å²) in [4.78, 5) is 3.83. The molecule has 0 aliphatic carbocycles. The zero-order chi connectivity index (χ0) is 8.55. The normalized spacial score (nSPS) is 10.3. The number of hydrogen-bond donors (Lipinski definition) is 0. The Bertz CT molecular complexity index is 430. The molecule has 1 aromatic carbocycles. The second-order valence-electron chi connectivity index (χ2n) is 2.26. The highest BCUT2D eigenvalue weighted by Crippen LogP contribution is 2.05. The third-order valence-electron chi connectivity index (χ3n) is 1.48. The van der Waals surface area contributed by atoms with E-state index in [9.17, 15) is 10.3 Å². The lowest BCUT2D eigenvalue weighted by atomic mass is 10.3. The molecule has 0 aliphatic rings. The van der Waals surface area contributed by atoms with E-state index in [-0.39, 0.29) is 4.85 Å². The van der Waals surface area contributed by atoms with Gasteiger partial charge in [0.05, 0.1) is 0 Å². The second kappa shape index (κ2) is 2.30. The summed E-state index contributed by atoms with van der Waals surface area (Å²) in [5.41, 5.74) is 0.671. The Morgan fingerprint density at radius 3 is 2.83 bits per heavy atom. The summed E-state index contributed by atoms with van der Waals surface area (Å²) in [5.74, 6) is 0. The molecule has 0 saturated carbocycles. The number of nitrogens with zero attached hydrogens (tertiary/aromatic N) is 3. The minimum absolute atomic E-state index is 0.282. The van der Waals surface area contributed by atoms with Crippen LogP contribution < -0.4 is 9.95 Å². The number of aromatic nitrogens is 3. The van der Waals surface area contributed by atoms with Crippen molar-refractivity contribution in [2.45, 2.75) is 0 Å². The van der Waals surface area contributed by atoms with Crippen molar-refractivity contribution in [3.8, 4) is 6.01 Å². The van der Waals surface area contributed by atoms with Crippen molar-refractivity contribution in [1.29, 1.82) is 0 Å². The molecule has 2 rings (SSSR count).